The SMILES string of the molecule is CCCN(C)Cc1ccc(OC)c(O)c1CC. The Kier molecular flexibility index (Phi) is 5.29. The molecule has 0 unspecified atom stereocenters. The summed E-state index contributed by atoms with van der Waals surface area (Å²) in [7, 11) is 3.68. The molecule has 0 aromatic heterocycles. The molecule has 1 aromatic rings. The maximum Gasteiger partial charge on any atom is 0.161 e. The maximum atomic E-state index is 10.1. The van der Waals surface area contributed by atoms with Gasteiger partial charge in [0.05, 0.1) is 7.11 Å². The van der Waals surface area contributed by atoms with Crippen molar-refractivity contribution in [2.24, 2.45) is 0 Å². The summed E-state index contributed by atoms with van der Waals surface area (Å²) in [5.74, 6) is 0.848. The van der Waals surface area contributed by atoms with E-state index >= 15 is 0 Å². The van der Waals surface area contributed by atoms with Crippen LogP contribution in [0.5, 0.6) is 11.5 Å². The summed E-state index contributed by atoms with van der Waals surface area (Å²) < 4.78 is 5.13. The molecular weight excluding hydrogens is 214 g/mol. The first-order valence-corrected chi connectivity index (χ1v) is 6.20. The number of hydrogen-bond donors (Lipinski definition) is 1. The number of rotatable bonds is 6. The van der Waals surface area contributed by atoms with Crippen molar-refractivity contribution in [1.29, 1.82) is 0 Å². The fourth-order valence-electron chi connectivity index (χ4n) is 2.12. The lowest BCUT2D eigenvalue weighted by Crippen LogP contribution is -2.19. The van der Waals surface area contributed by atoms with Gasteiger partial charge >= 0.3 is 0 Å². The van der Waals surface area contributed by atoms with E-state index in [4.69, 9.17) is 4.74 Å². The summed E-state index contributed by atoms with van der Waals surface area (Å²) in [5.41, 5.74) is 2.18. The van der Waals surface area contributed by atoms with Gasteiger partial charge in [-0.2, -0.15) is 0 Å². The average Bonchev–Trinajstić information content (AvgIpc) is 2.30. The predicted octanol–water partition coefficient (Wildman–Crippen LogP) is 2.81. The van der Waals surface area contributed by atoms with Crippen LogP contribution in [0.4, 0.5) is 0 Å². The van der Waals surface area contributed by atoms with Crippen LogP contribution < -0.4 is 4.74 Å². The molecule has 3 heteroatoms. The minimum atomic E-state index is 0.289. The summed E-state index contributed by atoms with van der Waals surface area (Å²) in [6.45, 7) is 6.16. The number of phenols is 1. The molecule has 0 aliphatic heterocycles. The summed E-state index contributed by atoms with van der Waals surface area (Å²) in [4.78, 5) is 2.26. The number of aromatic hydroxyl groups is 1. The van der Waals surface area contributed by atoms with Crippen LogP contribution in [0, 0.1) is 0 Å². The zero-order valence-corrected chi connectivity index (χ0v) is 11.3. The number of nitrogens with zero attached hydrogens (tertiary/aromatic N) is 1. The normalized spacial score (nSPS) is 10.9. The van der Waals surface area contributed by atoms with Gasteiger partial charge in [0, 0.05) is 12.1 Å². The van der Waals surface area contributed by atoms with Gasteiger partial charge in [-0.1, -0.05) is 19.9 Å². The molecule has 0 saturated carbocycles. The first-order valence-electron chi connectivity index (χ1n) is 6.20. The van der Waals surface area contributed by atoms with E-state index in [0.29, 0.717) is 5.75 Å². The van der Waals surface area contributed by atoms with Crippen LogP contribution >= 0.6 is 0 Å². The molecule has 0 radical (unpaired) electrons. The Morgan fingerprint density at radius 2 is 2.00 bits per heavy atom. The van der Waals surface area contributed by atoms with E-state index in [9.17, 15) is 5.11 Å². The third-order valence-electron chi connectivity index (χ3n) is 2.96. The standard InChI is InChI=1S/C14H23NO2/c1-5-9-15(3)10-11-7-8-13(17-4)14(16)12(11)6-2/h7-8,16H,5-6,9-10H2,1-4H3. The fourth-order valence-corrected chi connectivity index (χ4v) is 2.12. The Morgan fingerprint density at radius 3 is 2.53 bits per heavy atom. The van der Waals surface area contributed by atoms with Crippen molar-refractivity contribution in [2.45, 2.75) is 33.2 Å². The second-order valence-electron chi connectivity index (χ2n) is 4.35. The van der Waals surface area contributed by atoms with Crippen molar-refractivity contribution in [3.63, 3.8) is 0 Å². The third kappa shape index (κ3) is 3.37. The highest BCUT2D eigenvalue weighted by atomic mass is 16.5. The highest BCUT2D eigenvalue weighted by Crippen LogP contribution is 2.33. The molecule has 1 N–H and O–H groups in total. The molecule has 1 aromatic carbocycles. The molecular formula is C14H23NO2. The minimum absolute atomic E-state index is 0.289. The molecule has 0 heterocycles. The molecule has 0 amide bonds. The van der Waals surface area contributed by atoms with Gasteiger partial charge in [0.2, 0.25) is 0 Å². The lowest BCUT2D eigenvalue weighted by molar-refractivity contribution is 0.324. The predicted molar refractivity (Wildman–Crippen MR) is 70.7 cm³/mol. The van der Waals surface area contributed by atoms with E-state index in [2.05, 4.69) is 25.8 Å². The molecule has 96 valence electrons. The van der Waals surface area contributed by atoms with Crippen molar-refractivity contribution in [1.82, 2.24) is 4.90 Å². The summed E-state index contributed by atoms with van der Waals surface area (Å²) in [6, 6.07) is 3.88. The Bertz CT molecular complexity index is 363. The summed E-state index contributed by atoms with van der Waals surface area (Å²) in [6.07, 6.45) is 1.96. The Hall–Kier alpha value is -1.22. The van der Waals surface area contributed by atoms with Crippen molar-refractivity contribution in [3.8, 4) is 11.5 Å². The highest BCUT2D eigenvalue weighted by Gasteiger charge is 2.12. The minimum Gasteiger partial charge on any atom is -0.504 e. The Labute approximate surface area is 104 Å². The average molecular weight is 237 g/mol. The van der Waals surface area contributed by atoms with Gasteiger partial charge in [0.1, 0.15) is 0 Å². The number of hydrogen-bond acceptors (Lipinski definition) is 3. The van der Waals surface area contributed by atoms with Crippen molar-refractivity contribution >= 4 is 0 Å². The van der Waals surface area contributed by atoms with Crippen LogP contribution in [0.2, 0.25) is 0 Å². The van der Waals surface area contributed by atoms with E-state index in [-0.39, 0.29) is 5.75 Å². The van der Waals surface area contributed by atoms with Gasteiger partial charge in [-0.15, -0.1) is 0 Å². The van der Waals surface area contributed by atoms with E-state index in [1.165, 1.54) is 5.56 Å². The molecule has 0 aliphatic rings. The van der Waals surface area contributed by atoms with E-state index < -0.39 is 0 Å². The molecule has 0 saturated heterocycles. The van der Waals surface area contributed by atoms with E-state index in [0.717, 1.165) is 31.5 Å². The van der Waals surface area contributed by atoms with Gasteiger partial charge in [-0.3, -0.25) is 0 Å². The number of ether oxygens (including phenoxy) is 1. The van der Waals surface area contributed by atoms with Crippen molar-refractivity contribution in [2.75, 3.05) is 20.7 Å². The summed E-state index contributed by atoms with van der Waals surface area (Å²) in [5, 5.41) is 10.1. The fraction of sp³-hybridized carbons (Fsp3) is 0.571. The molecule has 0 atom stereocenters. The molecule has 17 heavy (non-hydrogen) atoms. The van der Waals surface area contributed by atoms with E-state index in [1.807, 2.05) is 12.1 Å². The van der Waals surface area contributed by atoms with Gasteiger partial charge in [0.25, 0.3) is 0 Å². The van der Waals surface area contributed by atoms with Gasteiger partial charge < -0.3 is 14.7 Å². The summed E-state index contributed by atoms with van der Waals surface area (Å²) >= 11 is 0. The number of benzene rings is 1. The maximum absolute atomic E-state index is 10.1. The quantitative estimate of drug-likeness (QED) is 0.825. The first kappa shape index (κ1) is 13.8. The van der Waals surface area contributed by atoms with Crippen molar-refractivity contribution in [3.05, 3.63) is 23.3 Å². The Morgan fingerprint density at radius 1 is 1.29 bits per heavy atom. The van der Waals surface area contributed by atoms with Crippen LogP contribution in [0.1, 0.15) is 31.4 Å². The van der Waals surface area contributed by atoms with Crippen LogP contribution in [0.25, 0.3) is 0 Å². The molecule has 0 bridgehead atoms. The monoisotopic (exact) mass is 237 g/mol. The van der Waals surface area contributed by atoms with Crippen LogP contribution in [-0.4, -0.2) is 30.7 Å². The highest BCUT2D eigenvalue weighted by molar-refractivity contribution is 5.49. The third-order valence-corrected chi connectivity index (χ3v) is 2.96. The molecule has 0 spiro atoms. The molecule has 0 fully saturated rings. The first-order chi connectivity index (χ1) is 8.13. The van der Waals surface area contributed by atoms with E-state index in [1.54, 1.807) is 7.11 Å². The molecule has 3 nitrogen and oxygen atoms in total. The van der Waals surface area contributed by atoms with Crippen LogP contribution in [0.15, 0.2) is 12.1 Å². The van der Waals surface area contributed by atoms with Crippen molar-refractivity contribution < 1.29 is 9.84 Å². The lowest BCUT2D eigenvalue weighted by atomic mass is 10.0. The second kappa shape index (κ2) is 6.50. The largest absolute Gasteiger partial charge is 0.504 e. The smallest absolute Gasteiger partial charge is 0.161 e. The van der Waals surface area contributed by atoms with Crippen LogP contribution in [-0.2, 0) is 13.0 Å². The second-order valence-corrected chi connectivity index (χ2v) is 4.35. The lowest BCUT2D eigenvalue weighted by Gasteiger charge is -2.19. The number of methoxy groups -OCH3 is 1. The molecule has 1 rings (SSSR count). The topological polar surface area (TPSA) is 32.7 Å². The zero-order chi connectivity index (χ0) is 12.8. The molecule has 0 aliphatic carbocycles. The Balaban J connectivity index is 2.96. The van der Waals surface area contributed by atoms with Gasteiger partial charge in [0.15, 0.2) is 11.5 Å². The van der Waals surface area contributed by atoms with Crippen LogP contribution in [0.3, 0.4) is 0 Å². The number of phenolic OH excluding ortho intramolecular Hbond substituents is 1. The zero-order valence-electron chi connectivity index (χ0n) is 11.3. The van der Waals surface area contributed by atoms with Gasteiger partial charge in [-0.05, 0) is 38.1 Å². The van der Waals surface area contributed by atoms with Gasteiger partial charge in [-0.25, -0.2) is 0 Å².